The monoisotopic (exact) mass is 268 g/mol. The van der Waals surface area contributed by atoms with Crippen LogP contribution in [0.25, 0.3) is 0 Å². The molecule has 0 aromatic carbocycles. The Kier molecular flexibility index (Phi) is 4.22. The SMILES string of the molecule is CCCC(CC)Nc1nc2c(s1)CCC2C(=O)O. The summed E-state index contributed by atoms with van der Waals surface area (Å²) in [6, 6.07) is 0.449. The van der Waals surface area contributed by atoms with Crippen LogP contribution in [-0.2, 0) is 11.2 Å². The first kappa shape index (κ1) is 13.3. The van der Waals surface area contributed by atoms with Gasteiger partial charge in [0.1, 0.15) is 5.92 Å². The van der Waals surface area contributed by atoms with E-state index in [0.29, 0.717) is 12.5 Å². The number of anilines is 1. The number of hydrogen-bond acceptors (Lipinski definition) is 4. The van der Waals surface area contributed by atoms with E-state index in [1.165, 1.54) is 0 Å². The van der Waals surface area contributed by atoms with E-state index >= 15 is 0 Å². The molecule has 1 aromatic rings. The Morgan fingerprint density at radius 2 is 2.39 bits per heavy atom. The summed E-state index contributed by atoms with van der Waals surface area (Å²) in [6.45, 7) is 4.33. The lowest BCUT2D eigenvalue weighted by atomic mass is 10.1. The molecule has 0 fully saturated rings. The average molecular weight is 268 g/mol. The van der Waals surface area contributed by atoms with Crippen molar-refractivity contribution in [3.8, 4) is 0 Å². The maximum absolute atomic E-state index is 11.1. The first-order valence-electron chi connectivity index (χ1n) is 6.64. The van der Waals surface area contributed by atoms with Crippen LogP contribution in [-0.4, -0.2) is 22.1 Å². The molecule has 0 saturated carbocycles. The van der Waals surface area contributed by atoms with E-state index in [2.05, 4.69) is 24.1 Å². The van der Waals surface area contributed by atoms with Gasteiger partial charge in [-0.25, -0.2) is 4.98 Å². The summed E-state index contributed by atoms with van der Waals surface area (Å²) >= 11 is 1.63. The molecule has 2 atom stereocenters. The Morgan fingerprint density at radius 3 is 3.00 bits per heavy atom. The van der Waals surface area contributed by atoms with Crippen molar-refractivity contribution >= 4 is 22.4 Å². The van der Waals surface area contributed by atoms with E-state index in [1.807, 2.05) is 0 Å². The van der Waals surface area contributed by atoms with Gasteiger partial charge in [-0.3, -0.25) is 4.79 Å². The molecule has 0 amide bonds. The molecule has 2 rings (SSSR count). The Balaban J connectivity index is 2.09. The minimum absolute atomic E-state index is 0.391. The quantitative estimate of drug-likeness (QED) is 0.831. The third-order valence-corrected chi connectivity index (χ3v) is 4.54. The number of fused-ring (bicyclic) bond motifs is 1. The molecule has 5 heteroatoms. The van der Waals surface area contributed by atoms with Crippen LogP contribution < -0.4 is 5.32 Å². The van der Waals surface area contributed by atoms with Crippen molar-refractivity contribution in [3.63, 3.8) is 0 Å². The molecular weight excluding hydrogens is 248 g/mol. The number of aryl methyl sites for hydroxylation is 1. The van der Waals surface area contributed by atoms with Gasteiger partial charge in [0.25, 0.3) is 0 Å². The summed E-state index contributed by atoms with van der Waals surface area (Å²) in [5.41, 5.74) is 0.793. The predicted octanol–water partition coefficient (Wildman–Crippen LogP) is 3.25. The van der Waals surface area contributed by atoms with Crippen LogP contribution in [0.1, 0.15) is 56.0 Å². The van der Waals surface area contributed by atoms with Crippen molar-refractivity contribution in [3.05, 3.63) is 10.6 Å². The van der Waals surface area contributed by atoms with E-state index in [0.717, 1.165) is 41.4 Å². The highest BCUT2D eigenvalue weighted by molar-refractivity contribution is 7.15. The van der Waals surface area contributed by atoms with Crippen LogP contribution in [0.4, 0.5) is 5.13 Å². The number of carbonyl (C=O) groups is 1. The smallest absolute Gasteiger partial charge is 0.312 e. The molecule has 1 aromatic heterocycles. The Labute approximate surface area is 111 Å². The molecule has 0 aliphatic heterocycles. The summed E-state index contributed by atoms with van der Waals surface area (Å²) < 4.78 is 0. The largest absolute Gasteiger partial charge is 0.481 e. The summed E-state index contributed by atoms with van der Waals surface area (Å²) in [5.74, 6) is -1.13. The number of thiazole rings is 1. The number of carboxylic acids is 1. The fourth-order valence-electron chi connectivity index (χ4n) is 2.43. The lowest BCUT2D eigenvalue weighted by Gasteiger charge is -2.14. The van der Waals surface area contributed by atoms with Crippen LogP contribution in [0.5, 0.6) is 0 Å². The minimum atomic E-state index is -0.744. The highest BCUT2D eigenvalue weighted by atomic mass is 32.1. The zero-order valence-electron chi connectivity index (χ0n) is 10.9. The van der Waals surface area contributed by atoms with Gasteiger partial charge >= 0.3 is 5.97 Å². The van der Waals surface area contributed by atoms with Gasteiger partial charge in [-0.05, 0) is 25.7 Å². The first-order valence-corrected chi connectivity index (χ1v) is 7.46. The van der Waals surface area contributed by atoms with Crippen molar-refractivity contribution in [1.82, 2.24) is 4.98 Å². The Morgan fingerprint density at radius 1 is 1.61 bits per heavy atom. The summed E-state index contributed by atoms with van der Waals surface area (Å²) in [5, 5.41) is 13.5. The summed E-state index contributed by atoms with van der Waals surface area (Å²) in [4.78, 5) is 16.7. The molecule has 0 saturated heterocycles. The molecule has 0 spiro atoms. The number of carboxylic acid groups (broad SMARTS) is 1. The lowest BCUT2D eigenvalue weighted by Crippen LogP contribution is -2.18. The van der Waals surface area contributed by atoms with Crippen molar-refractivity contribution in [2.45, 2.75) is 57.9 Å². The molecule has 0 radical (unpaired) electrons. The Bertz CT molecular complexity index is 431. The molecule has 4 nitrogen and oxygen atoms in total. The number of nitrogens with zero attached hydrogens (tertiary/aromatic N) is 1. The molecule has 18 heavy (non-hydrogen) atoms. The standard InChI is InChI=1S/C13H20N2O2S/c1-3-5-8(4-2)14-13-15-11-9(12(16)17)6-7-10(11)18-13/h8-9H,3-7H2,1-2H3,(H,14,15)(H,16,17). The number of nitrogens with one attached hydrogen (secondary N) is 1. The second-order valence-electron chi connectivity index (χ2n) is 4.80. The summed E-state index contributed by atoms with van der Waals surface area (Å²) in [7, 11) is 0. The van der Waals surface area contributed by atoms with Gasteiger partial charge < -0.3 is 10.4 Å². The maximum Gasteiger partial charge on any atom is 0.312 e. The van der Waals surface area contributed by atoms with Crippen LogP contribution in [0.2, 0.25) is 0 Å². The van der Waals surface area contributed by atoms with Crippen LogP contribution in [0.15, 0.2) is 0 Å². The van der Waals surface area contributed by atoms with Crippen LogP contribution in [0.3, 0.4) is 0 Å². The van der Waals surface area contributed by atoms with E-state index in [9.17, 15) is 4.79 Å². The topological polar surface area (TPSA) is 62.2 Å². The second kappa shape index (κ2) is 5.69. The zero-order valence-corrected chi connectivity index (χ0v) is 11.7. The van der Waals surface area contributed by atoms with Gasteiger partial charge in [-0.2, -0.15) is 0 Å². The van der Waals surface area contributed by atoms with Gasteiger partial charge in [0.2, 0.25) is 0 Å². The molecule has 1 aliphatic rings. The van der Waals surface area contributed by atoms with Crippen LogP contribution >= 0.6 is 11.3 Å². The molecule has 2 unspecified atom stereocenters. The molecule has 100 valence electrons. The fraction of sp³-hybridized carbons (Fsp3) is 0.692. The van der Waals surface area contributed by atoms with E-state index in [-0.39, 0.29) is 0 Å². The predicted molar refractivity (Wildman–Crippen MR) is 73.4 cm³/mol. The summed E-state index contributed by atoms with van der Waals surface area (Å²) in [6.07, 6.45) is 4.91. The lowest BCUT2D eigenvalue weighted by molar-refractivity contribution is -0.138. The molecule has 2 N–H and O–H groups in total. The third-order valence-electron chi connectivity index (χ3n) is 3.47. The van der Waals surface area contributed by atoms with Crippen molar-refractivity contribution in [1.29, 1.82) is 0 Å². The number of aromatic nitrogens is 1. The van der Waals surface area contributed by atoms with Crippen molar-refractivity contribution in [2.24, 2.45) is 0 Å². The van der Waals surface area contributed by atoms with Gasteiger partial charge in [0.05, 0.1) is 5.69 Å². The molecular formula is C13H20N2O2S. The third kappa shape index (κ3) is 2.66. The highest BCUT2D eigenvalue weighted by Gasteiger charge is 2.32. The second-order valence-corrected chi connectivity index (χ2v) is 5.88. The van der Waals surface area contributed by atoms with Gasteiger partial charge in [0.15, 0.2) is 5.13 Å². The van der Waals surface area contributed by atoms with Gasteiger partial charge in [0, 0.05) is 10.9 Å². The number of rotatable bonds is 6. The minimum Gasteiger partial charge on any atom is -0.481 e. The van der Waals surface area contributed by atoms with E-state index in [4.69, 9.17) is 5.11 Å². The highest BCUT2D eigenvalue weighted by Crippen LogP contribution is 2.38. The van der Waals surface area contributed by atoms with Crippen molar-refractivity contribution in [2.75, 3.05) is 5.32 Å². The van der Waals surface area contributed by atoms with E-state index in [1.54, 1.807) is 11.3 Å². The van der Waals surface area contributed by atoms with Crippen molar-refractivity contribution < 1.29 is 9.90 Å². The zero-order chi connectivity index (χ0) is 13.1. The molecule has 1 heterocycles. The maximum atomic E-state index is 11.1. The van der Waals surface area contributed by atoms with Crippen LogP contribution in [0, 0.1) is 0 Å². The molecule has 0 bridgehead atoms. The van der Waals surface area contributed by atoms with E-state index < -0.39 is 11.9 Å². The fourth-order valence-corrected chi connectivity index (χ4v) is 3.55. The normalized spacial score (nSPS) is 19.6. The number of hydrogen-bond donors (Lipinski definition) is 2. The van der Waals surface area contributed by atoms with Gasteiger partial charge in [-0.15, -0.1) is 11.3 Å². The Hall–Kier alpha value is -1.10. The number of aliphatic carboxylic acids is 1. The van der Waals surface area contributed by atoms with Gasteiger partial charge in [-0.1, -0.05) is 20.3 Å². The first-order chi connectivity index (χ1) is 8.65. The molecule has 1 aliphatic carbocycles. The average Bonchev–Trinajstić information content (AvgIpc) is 2.87.